The van der Waals surface area contributed by atoms with Crippen LogP contribution < -0.4 is 10.5 Å². The summed E-state index contributed by atoms with van der Waals surface area (Å²) in [5, 5.41) is 0. The Hall–Kier alpha value is -3.00. The molecule has 2 N–H and O–H groups in total. The van der Waals surface area contributed by atoms with Crippen LogP contribution in [-0.2, 0) is 12.8 Å². The van der Waals surface area contributed by atoms with E-state index >= 15 is 0 Å². The number of nitrogen functional groups attached to an aromatic ring is 1. The van der Waals surface area contributed by atoms with E-state index in [1.54, 1.807) is 7.11 Å². The molecule has 2 heteroatoms. The van der Waals surface area contributed by atoms with E-state index in [2.05, 4.69) is 54.6 Å². The first-order valence-electron chi connectivity index (χ1n) is 8.58. The Morgan fingerprint density at radius 1 is 0.840 bits per heavy atom. The summed E-state index contributed by atoms with van der Waals surface area (Å²) in [5.41, 5.74) is 14.3. The van der Waals surface area contributed by atoms with Gasteiger partial charge in [0, 0.05) is 11.3 Å². The Bertz CT molecular complexity index is 906. The highest BCUT2D eigenvalue weighted by Crippen LogP contribution is 2.36. The number of hydrogen-bond acceptors (Lipinski definition) is 2. The summed E-state index contributed by atoms with van der Waals surface area (Å²) in [7, 11) is 1.70. The number of hydrogen-bond donors (Lipinski definition) is 1. The topological polar surface area (TPSA) is 35.2 Å². The third-order valence-corrected chi connectivity index (χ3v) is 4.83. The molecule has 2 nitrogen and oxygen atoms in total. The van der Waals surface area contributed by atoms with Crippen LogP contribution in [0.15, 0.2) is 66.7 Å². The number of ether oxygens (including phenoxy) is 1. The van der Waals surface area contributed by atoms with Gasteiger partial charge in [-0.25, -0.2) is 0 Å². The summed E-state index contributed by atoms with van der Waals surface area (Å²) >= 11 is 0. The summed E-state index contributed by atoms with van der Waals surface area (Å²) in [6.45, 7) is 0. The molecule has 0 heterocycles. The molecule has 0 amide bonds. The van der Waals surface area contributed by atoms with Gasteiger partial charge >= 0.3 is 0 Å². The van der Waals surface area contributed by atoms with Gasteiger partial charge in [-0.05, 0) is 64.9 Å². The highest BCUT2D eigenvalue weighted by Gasteiger charge is 2.18. The molecule has 0 radical (unpaired) electrons. The monoisotopic (exact) mass is 327 g/mol. The highest BCUT2D eigenvalue weighted by molar-refractivity contribution is 5.95. The van der Waals surface area contributed by atoms with E-state index in [1.807, 2.05) is 18.2 Å². The lowest BCUT2D eigenvalue weighted by atomic mass is 9.92. The van der Waals surface area contributed by atoms with Gasteiger partial charge in [0.2, 0.25) is 0 Å². The first-order chi connectivity index (χ1) is 12.3. The van der Waals surface area contributed by atoms with Crippen molar-refractivity contribution in [3.63, 3.8) is 0 Å². The lowest BCUT2D eigenvalue weighted by Crippen LogP contribution is -1.95. The first-order valence-corrected chi connectivity index (χ1v) is 8.58. The number of anilines is 1. The Balaban J connectivity index is 1.99. The van der Waals surface area contributed by atoms with Crippen LogP contribution in [-0.4, -0.2) is 7.11 Å². The molecule has 0 unspecified atom stereocenters. The van der Waals surface area contributed by atoms with E-state index in [-0.39, 0.29) is 0 Å². The summed E-state index contributed by atoms with van der Waals surface area (Å²) in [4.78, 5) is 0. The molecule has 1 aliphatic carbocycles. The maximum Gasteiger partial charge on any atom is 0.126 e. The largest absolute Gasteiger partial charge is 0.496 e. The fourth-order valence-corrected chi connectivity index (χ4v) is 3.59. The molecule has 0 saturated heterocycles. The van der Waals surface area contributed by atoms with Crippen LogP contribution in [0.1, 0.15) is 27.8 Å². The zero-order valence-electron chi connectivity index (χ0n) is 14.3. The summed E-state index contributed by atoms with van der Waals surface area (Å²) in [6.07, 6.45) is 4.31. The van der Waals surface area contributed by atoms with E-state index in [9.17, 15) is 0 Å². The molecule has 4 rings (SSSR count). The van der Waals surface area contributed by atoms with E-state index in [0.717, 1.165) is 29.8 Å². The summed E-state index contributed by atoms with van der Waals surface area (Å²) < 4.78 is 5.55. The van der Waals surface area contributed by atoms with Crippen molar-refractivity contribution in [2.75, 3.05) is 12.8 Å². The lowest BCUT2D eigenvalue weighted by Gasteiger charge is -2.13. The number of benzene rings is 3. The van der Waals surface area contributed by atoms with Gasteiger partial charge in [-0.3, -0.25) is 0 Å². The molecule has 3 aromatic carbocycles. The van der Waals surface area contributed by atoms with Crippen molar-refractivity contribution in [3.05, 3.63) is 94.5 Å². The molecule has 0 aromatic heterocycles. The quantitative estimate of drug-likeness (QED) is 0.675. The summed E-state index contributed by atoms with van der Waals surface area (Å²) in [6, 6.07) is 23.1. The van der Waals surface area contributed by atoms with Gasteiger partial charge in [-0.1, -0.05) is 48.5 Å². The Labute approximate surface area is 148 Å². The van der Waals surface area contributed by atoms with Crippen molar-refractivity contribution in [2.45, 2.75) is 12.8 Å². The molecule has 0 fully saturated rings. The maximum atomic E-state index is 6.02. The zero-order chi connectivity index (χ0) is 17.2. The van der Waals surface area contributed by atoms with Crippen molar-refractivity contribution in [2.24, 2.45) is 0 Å². The molecule has 0 atom stereocenters. The minimum atomic E-state index is 0.739. The van der Waals surface area contributed by atoms with Crippen LogP contribution in [0.5, 0.6) is 5.75 Å². The van der Waals surface area contributed by atoms with Crippen molar-refractivity contribution in [3.8, 4) is 5.75 Å². The SMILES string of the molecule is COc1ccc(N)cc1C=C1c2ccccc2CCc2ccccc21. The Kier molecular flexibility index (Phi) is 4.02. The first kappa shape index (κ1) is 15.5. The fourth-order valence-electron chi connectivity index (χ4n) is 3.59. The van der Waals surface area contributed by atoms with Gasteiger partial charge in [0.1, 0.15) is 5.75 Å². The number of methoxy groups -OCH3 is 1. The van der Waals surface area contributed by atoms with Crippen LogP contribution in [0.2, 0.25) is 0 Å². The minimum Gasteiger partial charge on any atom is -0.496 e. The summed E-state index contributed by atoms with van der Waals surface area (Å²) in [5.74, 6) is 0.834. The van der Waals surface area contributed by atoms with Crippen LogP contribution in [0.4, 0.5) is 5.69 Å². The number of rotatable bonds is 2. The standard InChI is InChI=1S/C23H21NO/c1-25-23-13-12-19(24)14-18(23)15-22-20-8-4-2-6-16(20)10-11-17-7-3-5-9-21(17)22/h2-9,12-15H,10-11,24H2,1H3. The molecular formula is C23H21NO. The number of fused-ring (bicyclic) bond motifs is 2. The number of aryl methyl sites for hydroxylation is 2. The van der Waals surface area contributed by atoms with Crippen LogP contribution in [0.25, 0.3) is 11.6 Å². The molecule has 0 bridgehead atoms. The third kappa shape index (κ3) is 2.91. The van der Waals surface area contributed by atoms with Crippen molar-refractivity contribution in [1.82, 2.24) is 0 Å². The molecule has 3 aromatic rings. The van der Waals surface area contributed by atoms with Crippen molar-refractivity contribution >= 4 is 17.3 Å². The molecule has 25 heavy (non-hydrogen) atoms. The predicted molar refractivity (Wildman–Crippen MR) is 105 cm³/mol. The lowest BCUT2D eigenvalue weighted by molar-refractivity contribution is 0.414. The van der Waals surface area contributed by atoms with E-state index in [1.165, 1.54) is 27.8 Å². The van der Waals surface area contributed by atoms with Crippen LogP contribution >= 0.6 is 0 Å². The third-order valence-electron chi connectivity index (χ3n) is 4.83. The molecule has 0 saturated carbocycles. The Morgan fingerprint density at radius 2 is 1.44 bits per heavy atom. The average Bonchev–Trinajstić information content (AvgIpc) is 2.80. The van der Waals surface area contributed by atoms with E-state index < -0.39 is 0 Å². The van der Waals surface area contributed by atoms with Crippen molar-refractivity contribution < 1.29 is 4.74 Å². The van der Waals surface area contributed by atoms with Crippen LogP contribution in [0, 0.1) is 0 Å². The van der Waals surface area contributed by atoms with Crippen molar-refractivity contribution in [1.29, 1.82) is 0 Å². The van der Waals surface area contributed by atoms with Gasteiger partial charge in [0.25, 0.3) is 0 Å². The minimum absolute atomic E-state index is 0.739. The zero-order valence-corrected chi connectivity index (χ0v) is 14.3. The van der Waals surface area contributed by atoms with Gasteiger partial charge < -0.3 is 10.5 Å². The maximum absolute atomic E-state index is 6.02. The molecule has 1 aliphatic rings. The smallest absolute Gasteiger partial charge is 0.126 e. The molecular weight excluding hydrogens is 306 g/mol. The van der Waals surface area contributed by atoms with Gasteiger partial charge in [0.15, 0.2) is 0 Å². The van der Waals surface area contributed by atoms with Crippen LogP contribution in [0.3, 0.4) is 0 Å². The molecule has 0 aliphatic heterocycles. The normalized spacial score (nSPS) is 12.8. The second-order valence-electron chi connectivity index (χ2n) is 6.37. The average molecular weight is 327 g/mol. The van der Waals surface area contributed by atoms with E-state index in [0.29, 0.717) is 0 Å². The van der Waals surface area contributed by atoms with Gasteiger partial charge in [-0.15, -0.1) is 0 Å². The van der Waals surface area contributed by atoms with Gasteiger partial charge in [0.05, 0.1) is 7.11 Å². The molecule has 0 spiro atoms. The number of nitrogens with two attached hydrogens (primary N) is 1. The molecule has 124 valence electrons. The Morgan fingerprint density at radius 3 is 2.04 bits per heavy atom. The second-order valence-corrected chi connectivity index (χ2v) is 6.37. The second kappa shape index (κ2) is 6.48. The highest BCUT2D eigenvalue weighted by atomic mass is 16.5. The predicted octanol–water partition coefficient (Wildman–Crippen LogP) is 4.96. The fraction of sp³-hybridized carbons (Fsp3) is 0.130. The van der Waals surface area contributed by atoms with Gasteiger partial charge in [-0.2, -0.15) is 0 Å². The van der Waals surface area contributed by atoms with E-state index in [4.69, 9.17) is 10.5 Å².